The molecular formula is C7H10N4O. The molecule has 0 aliphatic rings. The van der Waals surface area contributed by atoms with Crippen molar-refractivity contribution in [2.45, 2.75) is 13.8 Å². The van der Waals surface area contributed by atoms with E-state index in [1.807, 2.05) is 6.92 Å². The molecule has 64 valence electrons. The third kappa shape index (κ3) is 1.75. The number of hydrogen-bond acceptors (Lipinski definition) is 4. The largest absolute Gasteiger partial charge is 0.281 e. The lowest BCUT2D eigenvalue weighted by Gasteiger charge is -2.14. The summed E-state index contributed by atoms with van der Waals surface area (Å²) in [5.41, 5.74) is 0. The molecule has 0 saturated heterocycles. The second-order valence-corrected chi connectivity index (χ2v) is 2.20. The van der Waals surface area contributed by atoms with Crippen LogP contribution >= 0.6 is 0 Å². The Labute approximate surface area is 70.5 Å². The molecule has 0 bridgehead atoms. The number of rotatable bonds is 2. The molecule has 0 aliphatic carbocycles. The van der Waals surface area contributed by atoms with E-state index in [4.69, 9.17) is 0 Å². The van der Waals surface area contributed by atoms with E-state index in [1.54, 1.807) is 0 Å². The van der Waals surface area contributed by atoms with E-state index in [0.29, 0.717) is 12.5 Å². The molecule has 1 aromatic heterocycles. The van der Waals surface area contributed by atoms with Crippen LogP contribution in [-0.4, -0.2) is 27.4 Å². The van der Waals surface area contributed by atoms with E-state index in [-0.39, 0.29) is 5.91 Å². The van der Waals surface area contributed by atoms with E-state index in [1.165, 1.54) is 24.5 Å². The minimum atomic E-state index is -0.0660. The summed E-state index contributed by atoms with van der Waals surface area (Å²) in [5, 5.41) is 0. The molecule has 0 spiro atoms. The third-order valence-corrected chi connectivity index (χ3v) is 1.42. The van der Waals surface area contributed by atoms with E-state index in [0.717, 1.165) is 0 Å². The van der Waals surface area contributed by atoms with Gasteiger partial charge in [-0.15, -0.1) is 0 Å². The van der Waals surface area contributed by atoms with Crippen molar-refractivity contribution < 1.29 is 4.79 Å². The Balaban J connectivity index is 2.88. The van der Waals surface area contributed by atoms with E-state index < -0.39 is 0 Å². The maximum atomic E-state index is 11.0. The number of aromatic nitrogens is 3. The smallest absolute Gasteiger partial charge is 0.235 e. The van der Waals surface area contributed by atoms with Crippen molar-refractivity contribution in [1.29, 1.82) is 0 Å². The Morgan fingerprint density at radius 1 is 1.50 bits per heavy atom. The summed E-state index contributed by atoms with van der Waals surface area (Å²) in [4.78, 5) is 23.8. The second-order valence-electron chi connectivity index (χ2n) is 2.20. The van der Waals surface area contributed by atoms with Gasteiger partial charge in [0.15, 0.2) is 0 Å². The molecule has 1 amide bonds. The fourth-order valence-corrected chi connectivity index (χ4v) is 0.877. The molecule has 1 aromatic rings. The minimum absolute atomic E-state index is 0.0660. The predicted octanol–water partition coefficient (Wildman–Crippen LogP) is 0.244. The summed E-state index contributed by atoms with van der Waals surface area (Å²) in [6.07, 6.45) is 2.74. The standard InChI is InChI=1S/C7H10N4O/c1-3-11(6(2)12)7-9-4-8-5-10-7/h4-5H,3H2,1-2H3. The van der Waals surface area contributed by atoms with Crippen LogP contribution in [0, 0.1) is 0 Å². The van der Waals surface area contributed by atoms with Crippen LogP contribution in [0.5, 0.6) is 0 Å². The van der Waals surface area contributed by atoms with E-state index in [2.05, 4.69) is 15.0 Å². The summed E-state index contributed by atoms with van der Waals surface area (Å²) in [6, 6.07) is 0. The van der Waals surface area contributed by atoms with Gasteiger partial charge in [0.1, 0.15) is 12.7 Å². The normalized spacial score (nSPS) is 9.50. The zero-order valence-electron chi connectivity index (χ0n) is 7.06. The number of anilines is 1. The van der Waals surface area contributed by atoms with Crippen molar-refractivity contribution in [2.24, 2.45) is 0 Å². The van der Waals surface area contributed by atoms with Gasteiger partial charge in [0.05, 0.1) is 0 Å². The van der Waals surface area contributed by atoms with E-state index >= 15 is 0 Å². The van der Waals surface area contributed by atoms with Crippen molar-refractivity contribution in [2.75, 3.05) is 11.4 Å². The van der Waals surface area contributed by atoms with Crippen LogP contribution in [0.4, 0.5) is 5.95 Å². The maximum Gasteiger partial charge on any atom is 0.235 e. The number of nitrogens with zero attached hydrogens (tertiary/aromatic N) is 4. The van der Waals surface area contributed by atoms with Crippen molar-refractivity contribution in [3.05, 3.63) is 12.7 Å². The summed E-state index contributed by atoms with van der Waals surface area (Å²) < 4.78 is 0. The molecule has 1 rings (SSSR count). The summed E-state index contributed by atoms with van der Waals surface area (Å²) in [5.74, 6) is 0.337. The maximum absolute atomic E-state index is 11.0. The zero-order chi connectivity index (χ0) is 8.97. The van der Waals surface area contributed by atoms with Gasteiger partial charge in [-0.1, -0.05) is 0 Å². The fraction of sp³-hybridized carbons (Fsp3) is 0.429. The first-order chi connectivity index (χ1) is 5.75. The highest BCUT2D eigenvalue weighted by Gasteiger charge is 2.10. The fourth-order valence-electron chi connectivity index (χ4n) is 0.877. The summed E-state index contributed by atoms with van der Waals surface area (Å²) >= 11 is 0. The quantitative estimate of drug-likeness (QED) is 0.631. The molecule has 0 aliphatic heterocycles. The lowest BCUT2D eigenvalue weighted by molar-refractivity contribution is -0.116. The van der Waals surface area contributed by atoms with Gasteiger partial charge in [-0.25, -0.2) is 15.0 Å². The van der Waals surface area contributed by atoms with Crippen LogP contribution in [0.25, 0.3) is 0 Å². The zero-order valence-corrected chi connectivity index (χ0v) is 7.06. The monoisotopic (exact) mass is 166 g/mol. The van der Waals surface area contributed by atoms with Gasteiger partial charge < -0.3 is 0 Å². The first kappa shape index (κ1) is 8.58. The molecule has 0 saturated carbocycles. The Hall–Kier alpha value is -1.52. The highest BCUT2D eigenvalue weighted by atomic mass is 16.2. The Morgan fingerprint density at radius 3 is 2.50 bits per heavy atom. The van der Waals surface area contributed by atoms with Crippen LogP contribution in [0.2, 0.25) is 0 Å². The highest BCUT2D eigenvalue weighted by Crippen LogP contribution is 2.02. The van der Waals surface area contributed by atoms with Gasteiger partial charge in [-0.3, -0.25) is 9.69 Å². The lowest BCUT2D eigenvalue weighted by Crippen LogP contribution is -2.29. The molecular weight excluding hydrogens is 156 g/mol. The third-order valence-electron chi connectivity index (χ3n) is 1.42. The molecule has 5 heteroatoms. The van der Waals surface area contributed by atoms with Crippen LogP contribution in [-0.2, 0) is 4.79 Å². The van der Waals surface area contributed by atoms with Gasteiger partial charge in [0, 0.05) is 13.5 Å². The summed E-state index contributed by atoms with van der Waals surface area (Å²) in [7, 11) is 0. The molecule has 0 unspecified atom stereocenters. The number of carbonyl (C=O) groups is 1. The molecule has 0 N–H and O–H groups in total. The first-order valence-corrected chi connectivity index (χ1v) is 3.65. The Kier molecular flexibility index (Phi) is 2.68. The minimum Gasteiger partial charge on any atom is -0.281 e. The molecule has 0 radical (unpaired) electrons. The van der Waals surface area contributed by atoms with Crippen LogP contribution < -0.4 is 4.90 Å². The second kappa shape index (κ2) is 3.75. The van der Waals surface area contributed by atoms with E-state index in [9.17, 15) is 4.79 Å². The van der Waals surface area contributed by atoms with Crippen LogP contribution in [0.15, 0.2) is 12.7 Å². The molecule has 12 heavy (non-hydrogen) atoms. The average molecular weight is 166 g/mol. The topological polar surface area (TPSA) is 59.0 Å². The lowest BCUT2D eigenvalue weighted by atomic mass is 10.5. The molecule has 0 aromatic carbocycles. The first-order valence-electron chi connectivity index (χ1n) is 3.65. The number of hydrogen-bond donors (Lipinski definition) is 0. The number of amides is 1. The molecule has 0 fully saturated rings. The Bertz CT molecular complexity index is 261. The van der Waals surface area contributed by atoms with Crippen LogP contribution in [0.1, 0.15) is 13.8 Å². The van der Waals surface area contributed by atoms with Gasteiger partial charge in [-0.2, -0.15) is 0 Å². The number of carbonyl (C=O) groups excluding carboxylic acids is 1. The van der Waals surface area contributed by atoms with Crippen molar-refractivity contribution in [3.63, 3.8) is 0 Å². The van der Waals surface area contributed by atoms with Crippen molar-refractivity contribution in [1.82, 2.24) is 15.0 Å². The van der Waals surface area contributed by atoms with Gasteiger partial charge >= 0.3 is 0 Å². The van der Waals surface area contributed by atoms with Gasteiger partial charge in [0.25, 0.3) is 0 Å². The highest BCUT2D eigenvalue weighted by molar-refractivity contribution is 5.89. The predicted molar refractivity (Wildman–Crippen MR) is 43.5 cm³/mol. The van der Waals surface area contributed by atoms with Crippen LogP contribution in [0.3, 0.4) is 0 Å². The SMILES string of the molecule is CCN(C(C)=O)c1ncncn1. The van der Waals surface area contributed by atoms with Gasteiger partial charge in [-0.05, 0) is 6.92 Å². The molecule has 0 atom stereocenters. The van der Waals surface area contributed by atoms with Crippen molar-refractivity contribution in [3.8, 4) is 0 Å². The molecule has 5 nitrogen and oxygen atoms in total. The van der Waals surface area contributed by atoms with Gasteiger partial charge in [0.2, 0.25) is 11.9 Å². The summed E-state index contributed by atoms with van der Waals surface area (Å²) in [6.45, 7) is 3.91. The van der Waals surface area contributed by atoms with Crippen molar-refractivity contribution >= 4 is 11.9 Å². The molecule has 1 heterocycles. The Morgan fingerprint density at radius 2 is 2.08 bits per heavy atom. The average Bonchev–Trinajstić information content (AvgIpc) is 2.07.